The highest BCUT2D eigenvalue weighted by molar-refractivity contribution is 5.77. The van der Waals surface area contributed by atoms with Crippen LogP contribution < -0.4 is 11.1 Å². The quantitative estimate of drug-likeness (QED) is 0.589. The zero-order valence-corrected chi connectivity index (χ0v) is 11.3. The number of amides is 2. The summed E-state index contributed by atoms with van der Waals surface area (Å²) in [5.74, 6) is 0.707. The van der Waals surface area contributed by atoms with Crippen LogP contribution in [0.1, 0.15) is 39.0 Å². The van der Waals surface area contributed by atoms with E-state index < -0.39 is 0 Å². The highest BCUT2D eigenvalue weighted by atomic mass is 16.2. The van der Waals surface area contributed by atoms with Crippen molar-refractivity contribution in [2.24, 2.45) is 11.7 Å². The number of likely N-dealkylation sites (tertiary alicyclic amines) is 1. The highest BCUT2D eigenvalue weighted by Crippen LogP contribution is 2.14. The van der Waals surface area contributed by atoms with Gasteiger partial charge in [0.05, 0.1) is 0 Å². The van der Waals surface area contributed by atoms with E-state index in [0.717, 1.165) is 45.4 Å². The van der Waals surface area contributed by atoms with Crippen molar-refractivity contribution in [2.45, 2.75) is 39.0 Å². The van der Waals surface area contributed by atoms with E-state index in [9.17, 15) is 9.59 Å². The molecule has 0 bridgehead atoms. The second kappa shape index (κ2) is 8.08. The van der Waals surface area contributed by atoms with Crippen molar-refractivity contribution >= 4 is 11.8 Å². The number of unbranched alkanes of at least 4 members (excludes halogenated alkanes) is 2. The van der Waals surface area contributed by atoms with Crippen molar-refractivity contribution in [2.75, 3.05) is 26.2 Å². The van der Waals surface area contributed by atoms with Crippen molar-refractivity contribution < 1.29 is 9.59 Å². The number of nitrogens with two attached hydrogens (primary N) is 1. The van der Waals surface area contributed by atoms with Crippen molar-refractivity contribution in [3.8, 4) is 0 Å². The zero-order chi connectivity index (χ0) is 13.4. The summed E-state index contributed by atoms with van der Waals surface area (Å²) in [6.45, 7) is 5.66. The summed E-state index contributed by atoms with van der Waals surface area (Å²) in [4.78, 5) is 24.0. The molecule has 3 N–H and O–H groups in total. The standard InChI is InChI=1S/C13H25N3O2/c1-11-9-16(10-11)13(18)6-8-15-7-4-2-3-5-12(14)17/h11,15H,2-10H2,1H3,(H2,14,17). The van der Waals surface area contributed by atoms with Crippen LogP contribution in [0.4, 0.5) is 0 Å². The van der Waals surface area contributed by atoms with E-state index in [1.165, 1.54) is 0 Å². The molecule has 0 aromatic heterocycles. The van der Waals surface area contributed by atoms with Crippen molar-refractivity contribution in [1.29, 1.82) is 0 Å². The minimum absolute atomic E-state index is 0.225. The molecule has 1 aliphatic heterocycles. The van der Waals surface area contributed by atoms with Crippen LogP contribution in [-0.4, -0.2) is 42.9 Å². The number of rotatable bonds is 9. The van der Waals surface area contributed by atoms with Gasteiger partial charge in [-0.3, -0.25) is 9.59 Å². The highest BCUT2D eigenvalue weighted by Gasteiger charge is 2.26. The fraction of sp³-hybridized carbons (Fsp3) is 0.846. The van der Waals surface area contributed by atoms with Gasteiger partial charge in [0.2, 0.25) is 11.8 Å². The summed E-state index contributed by atoms with van der Waals surface area (Å²) >= 11 is 0. The molecular formula is C13H25N3O2. The lowest BCUT2D eigenvalue weighted by Crippen LogP contribution is -2.49. The molecule has 1 rings (SSSR count). The van der Waals surface area contributed by atoms with Crippen LogP contribution in [0, 0.1) is 5.92 Å². The van der Waals surface area contributed by atoms with E-state index in [4.69, 9.17) is 5.73 Å². The molecule has 0 radical (unpaired) electrons. The maximum absolute atomic E-state index is 11.6. The normalized spacial score (nSPS) is 15.5. The SMILES string of the molecule is CC1CN(C(=O)CCNCCCCCC(N)=O)C1. The van der Waals surface area contributed by atoms with Crippen LogP contribution in [0.15, 0.2) is 0 Å². The second-order valence-corrected chi connectivity index (χ2v) is 5.18. The average molecular weight is 255 g/mol. The predicted octanol–water partition coefficient (Wildman–Crippen LogP) is 0.490. The van der Waals surface area contributed by atoms with E-state index in [1.54, 1.807) is 0 Å². The van der Waals surface area contributed by atoms with Gasteiger partial charge in [-0.25, -0.2) is 0 Å². The van der Waals surface area contributed by atoms with Crippen LogP contribution in [-0.2, 0) is 9.59 Å². The first-order valence-corrected chi connectivity index (χ1v) is 6.86. The summed E-state index contributed by atoms with van der Waals surface area (Å²) in [6.07, 6.45) is 3.97. The topological polar surface area (TPSA) is 75.4 Å². The lowest BCUT2D eigenvalue weighted by molar-refractivity contribution is -0.136. The van der Waals surface area contributed by atoms with Crippen molar-refractivity contribution in [1.82, 2.24) is 10.2 Å². The molecule has 0 aromatic carbocycles. The largest absolute Gasteiger partial charge is 0.370 e. The Morgan fingerprint density at radius 2 is 1.89 bits per heavy atom. The number of primary amides is 1. The number of hydrogen-bond acceptors (Lipinski definition) is 3. The molecule has 0 saturated carbocycles. The minimum atomic E-state index is -0.225. The first-order chi connectivity index (χ1) is 8.59. The van der Waals surface area contributed by atoms with Gasteiger partial charge in [-0.2, -0.15) is 0 Å². The van der Waals surface area contributed by atoms with Crippen molar-refractivity contribution in [3.63, 3.8) is 0 Å². The number of nitrogens with one attached hydrogen (secondary N) is 1. The number of carbonyl (C=O) groups is 2. The first-order valence-electron chi connectivity index (χ1n) is 6.86. The Kier molecular flexibility index (Phi) is 6.72. The zero-order valence-electron chi connectivity index (χ0n) is 11.3. The third-order valence-corrected chi connectivity index (χ3v) is 3.21. The van der Waals surface area contributed by atoms with E-state index in [0.29, 0.717) is 18.8 Å². The Balaban J connectivity index is 1.84. The van der Waals surface area contributed by atoms with Crippen LogP contribution in [0.2, 0.25) is 0 Å². The van der Waals surface area contributed by atoms with E-state index in [1.807, 2.05) is 4.90 Å². The number of nitrogens with zero attached hydrogens (tertiary/aromatic N) is 1. The van der Waals surface area contributed by atoms with Crippen molar-refractivity contribution in [3.05, 3.63) is 0 Å². The molecule has 18 heavy (non-hydrogen) atoms. The van der Waals surface area contributed by atoms with Gasteiger partial charge >= 0.3 is 0 Å². The molecule has 0 unspecified atom stereocenters. The Morgan fingerprint density at radius 1 is 1.17 bits per heavy atom. The van der Waals surface area contributed by atoms with Crippen LogP contribution in [0.5, 0.6) is 0 Å². The third-order valence-electron chi connectivity index (χ3n) is 3.21. The molecule has 1 fully saturated rings. The van der Waals surface area contributed by atoms with Gasteiger partial charge in [-0.15, -0.1) is 0 Å². The minimum Gasteiger partial charge on any atom is -0.370 e. The number of hydrogen-bond donors (Lipinski definition) is 2. The fourth-order valence-corrected chi connectivity index (χ4v) is 2.11. The molecule has 2 amide bonds. The van der Waals surface area contributed by atoms with E-state index in [2.05, 4.69) is 12.2 Å². The van der Waals surface area contributed by atoms with E-state index >= 15 is 0 Å². The molecule has 0 spiro atoms. The van der Waals surface area contributed by atoms with Gasteiger partial charge < -0.3 is 16.0 Å². The molecule has 1 aliphatic rings. The summed E-state index contributed by atoms with van der Waals surface area (Å²) in [5, 5.41) is 3.26. The summed E-state index contributed by atoms with van der Waals surface area (Å²) in [6, 6.07) is 0. The Morgan fingerprint density at radius 3 is 2.50 bits per heavy atom. The first kappa shape index (κ1) is 15.0. The van der Waals surface area contributed by atoms with E-state index in [-0.39, 0.29) is 11.8 Å². The maximum Gasteiger partial charge on any atom is 0.223 e. The molecule has 5 nitrogen and oxygen atoms in total. The van der Waals surface area contributed by atoms with Gasteiger partial charge in [0.15, 0.2) is 0 Å². The summed E-state index contributed by atoms with van der Waals surface area (Å²) in [5.41, 5.74) is 5.05. The van der Waals surface area contributed by atoms with Gasteiger partial charge in [-0.05, 0) is 25.3 Å². The van der Waals surface area contributed by atoms with Gasteiger partial charge in [-0.1, -0.05) is 13.3 Å². The Hall–Kier alpha value is -1.10. The molecule has 0 aliphatic carbocycles. The lowest BCUT2D eigenvalue weighted by atomic mass is 10.0. The fourth-order valence-electron chi connectivity index (χ4n) is 2.11. The molecule has 104 valence electrons. The molecule has 0 atom stereocenters. The Labute approximate surface area is 109 Å². The van der Waals surface area contributed by atoms with Crippen LogP contribution >= 0.6 is 0 Å². The smallest absolute Gasteiger partial charge is 0.223 e. The average Bonchev–Trinajstić information content (AvgIpc) is 2.27. The van der Waals surface area contributed by atoms with Crippen LogP contribution in [0.3, 0.4) is 0 Å². The monoisotopic (exact) mass is 255 g/mol. The molecule has 1 saturated heterocycles. The third kappa shape index (κ3) is 6.00. The Bertz CT molecular complexity index is 275. The van der Waals surface area contributed by atoms with Crippen LogP contribution in [0.25, 0.3) is 0 Å². The van der Waals surface area contributed by atoms with Gasteiger partial charge in [0.25, 0.3) is 0 Å². The maximum atomic E-state index is 11.6. The summed E-state index contributed by atoms with van der Waals surface area (Å²) in [7, 11) is 0. The second-order valence-electron chi connectivity index (χ2n) is 5.18. The molecule has 1 heterocycles. The molecule has 5 heteroatoms. The number of carbonyl (C=O) groups excluding carboxylic acids is 2. The summed E-state index contributed by atoms with van der Waals surface area (Å²) < 4.78 is 0. The molecule has 0 aromatic rings. The van der Waals surface area contributed by atoms with Gasteiger partial charge in [0.1, 0.15) is 0 Å². The molecular weight excluding hydrogens is 230 g/mol. The predicted molar refractivity (Wildman–Crippen MR) is 70.9 cm³/mol. The van der Waals surface area contributed by atoms with Gasteiger partial charge in [0, 0.05) is 32.5 Å². The lowest BCUT2D eigenvalue weighted by Gasteiger charge is -2.37.